The third-order valence-electron chi connectivity index (χ3n) is 3.23. The molecule has 0 aliphatic carbocycles. The summed E-state index contributed by atoms with van der Waals surface area (Å²) in [6, 6.07) is 4.08. The molecule has 0 saturated heterocycles. The standard InChI is InChI=1S/C15H17N3O7.C2H6/c1-17-4-3-14(16-15(17)20)25-9-10-7-12(23-2)13(24-6-5-19)8-11(10)18(21)22;1-2/h3-4,7-8,19H,5-6,9H2,1-2H3;1-2H3. The van der Waals surface area contributed by atoms with Crippen LogP contribution in [0, 0.1) is 10.1 Å². The van der Waals surface area contributed by atoms with Crippen LogP contribution in [-0.4, -0.2) is 39.9 Å². The highest BCUT2D eigenvalue weighted by Crippen LogP contribution is 2.35. The highest BCUT2D eigenvalue weighted by Gasteiger charge is 2.20. The molecule has 1 aromatic carbocycles. The molecule has 0 amide bonds. The van der Waals surface area contributed by atoms with Gasteiger partial charge in [-0.3, -0.25) is 10.1 Å². The molecule has 10 heteroatoms. The maximum atomic E-state index is 11.5. The molecular formula is C17H23N3O7. The van der Waals surface area contributed by atoms with Gasteiger partial charge >= 0.3 is 5.69 Å². The van der Waals surface area contributed by atoms with Crippen LogP contribution in [-0.2, 0) is 13.7 Å². The van der Waals surface area contributed by atoms with E-state index in [1.807, 2.05) is 13.8 Å². The van der Waals surface area contributed by atoms with E-state index >= 15 is 0 Å². The van der Waals surface area contributed by atoms with Gasteiger partial charge in [-0.2, -0.15) is 4.98 Å². The molecule has 0 aliphatic heterocycles. The minimum atomic E-state index is -0.582. The molecule has 0 saturated carbocycles. The lowest BCUT2D eigenvalue weighted by Crippen LogP contribution is -2.19. The maximum absolute atomic E-state index is 11.5. The number of nitrogens with zero attached hydrogens (tertiary/aromatic N) is 3. The zero-order valence-electron chi connectivity index (χ0n) is 15.7. The maximum Gasteiger partial charge on any atom is 0.350 e. The Bertz CT molecular complexity index is 821. The van der Waals surface area contributed by atoms with Gasteiger partial charge in [0.2, 0.25) is 5.88 Å². The number of benzene rings is 1. The van der Waals surface area contributed by atoms with Gasteiger partial charge in [-0.05, 0) is 6.07 Å². The van der Waals surface area contributed by atoms with Crippen molar-refractivity contribution in [3.05, 3.63) is 50.6 Å². The van der Waals surface area contributed by atoms with Crippen LogP contribution < -0.4 is 19.9 Å². The van der Waals surface area contributed by atoms with Crippen LogP contribution in [0.2, 0.25) is 0 Å². The molecular weight excluding hydrogens is 358 g/mol. The van der Waals surface area contributed by atoms with Gasteiger partial charge in [-0.1, -0.05) is 13.8 Å². The molecule has 0 radical (unpaired) electrons. The molecule has 2 rings (SSSR count). The van der Waals surface area contributed by atoms with Gasteiger partial charge in [0.25, 0.3) is 5.69 Å². The number of hydrogen-bond acceptors (Lipinski definition) is 8. The molecule has 10 nitrogen and oxygen atoms in total. The Balaban J connectivity index is 0.00000176. The molecule has 2 aromatic rings. The van der Waals surface area contributed by atoms with Crippen LogP contribution in [0.5, 0.6) is 17.4 Å². The van der Waals surface area contributed by atoms with Gasteiger partial charge in [-0.25, -0.2) is 4.79 Å². The summed E-state index contributed by atoms with van der Waals surface area (Å²) in [4.78, 5) is 25.9. The van der Waals surface area contributed by atoms with E-state index < -0.39 is 10.6 Å². The number of nitro benzene ring substituents is 1. The lowest BCUT2D eigenvalue weighted by molar-refractivity contribution is -0.385. The van der Waals surface area contributed by atoms with Crippen LogP contribution in [0.4, 0.5) is 5.69 Å². The minimum Gasteiger partial charge on any atom is -0.493 e. The van der Waals surface area contributed by atoms with Crippen LogP contribution >= 0.6 is 0 Å². The highest BCUT2D eigenvalue weighted by atomic mass is 16.6. The van der Waals surface area contributed by atoms with E-state index in [-0.39, 0.29) is 48.5 Å². The molecule has 0 aliphatic rings. The Morgan fingerprint density at radius 3 is 2.52 bits per heavy atom. The van der Waals surface area contributed by atoms with E-state index in [1.165, 1.54) is 36.1 Å². The molecule has 0 bridgehead atoms. The largest absolute Gasteiger partial charge is 0.493 e. The van der Waals surface area contributed by atoms with E-state index in [1.54, 1.807) is 7.05 Å². The zero-order valence-corrected chi connectivity index (χ0v) is 15.7. The normalized spacial score (nSPS) is 9.81. The number of ether oxygens (including phenoxy) is 3. The van der Waals surface area contributed by atoms with Gasteiger partial charge < -0.3 is 23.9 Å². The first-order valence-electron chi connectivity index (χ1n) is 8.21. The molecule has 0 spiro atoms. The number of methoxy groups -OCH3 is 1. The van der Waals surface area contributed by atoms with Gasteiger partial charge in [-0.15, -0.1) is 0 Å². The minimum absolute atomic E-state index is 0.0272. The van der Waals surface area contributed by atoms with Crippen molar-refractivity contribution in [3.63, 3.8) is 0 Å². The summed E-state index contributed by atoms with van der Waals surface area (Å²) in [5.41, 5.74) is -0.518. The van der Waals surface area contributed by atoms with Crippen molar-refractivity contribution in [2.24, 2.45) is 7.05 Å². The number of aliphatic hydroxyl groups excluding tert-OH is 1. The van der Waals surface area contributed by atoms with Crippen LogP contribution in [0.1, 0.15) is 19.4 Å². The third-order valence-corrected chi connectivity index (χ3v) is 3.23. The highest BCUT2D eigenvalue weighted by molar-refractivity contribution is 5.54. The first-order valence-corrected chi connectivity index (χ1v) is 8.21. The Morgan fingerprint density at radius 1 is 1.26 bits per heavy atom. The zero-order chi connectivity index (χ0) is 20.4. The van der Waals surface area contributed by atoms with E-state index in [0.29, 0.717) is 0 Å². The number of aryl methyl sites for hydroxylation is 1. The lowest BCUT2D eigenvalue weighted by atomic mass is 10.1. The van der Waals surface area contributed by atoms with Gasteiger partial charge in [0.05, 0.1) is 30.3 Å². The first kappa shape index (κ1) is 21.9. The first-order chi connectivity index (χ1) is 13.0. The summed E-state index contributed by atoms with van der Waals surface area (Å²) < 4.78 is 17.0. The Hall–Kier alpha value is -3.14. The summed E-state index contributed by atoms with van der Waals surface area (Å²) in [7, 11) is 2.93. The van der Waals surface area contributed by atoms with Gasteiger partial charge in [0, 0.05) is 19.3 Å². The van der Waals surface area contributed by atoms with E-state index in [4.69, 9.17) is 19.3 Å². The number of rotatable bonds is 8. The summed E-state index contributed by atoms with van der Waals surface area (Å²) in [5, 5.41) is 20.1. The van der Waals surface area contributed by atoms with Crippen LogP contribution in [0.3, 0.4) is 0 Å². The van der Waals surface area contributed by atoms with Gasteiger partial charge in [0.15, 0.2) is 11.5 Å². The molecule has 1 heterocycles. The molecule has 0 atom stereocenters. The number of aliphatic hydroxyl groups is 1. The summed E-state index contributed by atoms with van der Waals surface area (Å²) in [6.07, 6.45) is 1.48. The van der Waals surface area contributed by atoms with Crippen molar-refractivity contribution < 1.29 is 24.2 Å². The third kappa shape index (κ3) is 5.96. The second-order valence-corrected chi connectivity index (χ2v) is 4.91. The Labute approximate surface area is 156 Å². The molecule has 1 aromatic heterocycles. The molecule has 1 N–H and O–H groups in total. The van der Waals surface area contributed by atoms with E-state index in [2.05, 4.69) is 4.98 Å². The monoisotopic (exact) mass is 381 g/mol. The van der Waals surface area contributed by atoms with Gasteiger partial charge in [0.1, 0.15) is 13.2 Å². The van der Waals surface area contributed by atoms with Crippen molar-refractivity contribution in [1.29, 1.82) is 0 Å². The fraction of sp³-hybridized carbons (Fsp3) is 0.412. The fourth-order valence-electron chi connectivity index (χ4n) is 1.99. The Kier molecular flexibility index (Phi) is 8.73. The lowest BCUT2D eigenvalue weighted by Gasteiger charge is -2.12. The molecule has 0 fully saturated rings. The van der Waals surface area contributed by atoms with Crippen molar-refractivity contribution in [2.45, 2.75) is 20.5 Å². The molecule has 0 unspecified atom stereocenters. The quantitative estimate of drug-likeness (QED) is 0.540. The average molecular weight is 381 g/mol. The number of hydrogen-bond donors (Lipinski definition) is 1. The molecule has 148 valence electrons. The number of nitro groups is 1. The van der Waals surface area contributed by atoms with E-state index in [0.717, 1.165) is 0 Å². The fourth-order valence-corrected chi connectivity index (χ4v) is 1.99. The topological polar surface area (TPSA) is 126 Å². The van der Waals surface area contributed by atoms with Crippen molar-refractivity contribution in [2.75, 3.05) is 20.3 Å². The summed E-state index contributed by atoms with van der Waals surface area (Å²) in [6.45, 7) is 3.55. The smallest absolute Gasteiger partial charge is 0.350 e. The second-order valence-electron chi connectivity index (χ2n) is 4.91. The SMILES string of the molecule is CC.COc1cc(COc2ccn(C)c(=O)n2)c([N+](=O)[O-])cc1OCCO. The Morgan fingerprint density at radius 2 is 1.96 bits per heavy atom. The average Bonchev–Trinajstić information content (AvgIpc) is 2.68. The summed E-state index contributed by atoms with van der Waals surface area (Å²) in [5.74, 6) is 0.449. The van der Waals surface area contributed by atoms with Crippen molar-refractivity contribution in [3.8, 4) is 17.4 Å². The predicted octanol–water partition coefficient (Wildman–Crippen LogP) is 1.67. The van der Waals surface area contributed by atoms with E-state index in [9.17, 15) is 14.9 Å². The van der Waals surface area contributed by atoms with Crippen LogP contribution in [0.15, 0.2) is 29.2 Å². The van der Waals surface area contributed by atoms with Crippen LogP contribution in [0.25, 0.3) is 0 Å². The molecule has 27 heavy (non-hydrogen) atoms. The second kappa shape index (κ2) is 10.8. The van der Waals surface area contributed by atoms with Crippen molar-refractivity contribution >= 4 is 5.69 Å². The predicted molar refractivity (Wildman–Crippen MR) is 97.4 cm³/mol. The van der Waals surface area contributed by atoms with Crippen molar-refractivity contribution in [1.82, 2.24) is 9.55 Å². The number of aromatic nitrogens is 2. The summed E-state index contributed by atoms with van der Waals surface area (Å²) >= 11 is 0.